The lowest BCUT2D eigenvalue weighted by atomic mass is 10.2. The van der Waals surface area contributed by atoms with Crippen molar-refractivity contribution in [2.45, 2.75) is 20.0 Å². The molecule has 0 aliphatic heterocycles. The first-order valence-electron chi connectivity index (χ1n) is 6.71. The maximum atomic E-state index is 6.23. The highest BCUT2D eigenvalue weighted by atomic mass is 79.9. The van der Waals surface area contributed by atoms with E-state index in [4.69, 9.17) is 16.0 Å². The van der Waals surface area contributed by atoms with E-state index in [-0.39, 0.29) is 0 Å². The fourth-order valence-corrected chi connectivity index (χ4v) is 2.69. The third kappa shape index (κ3) is 3.31. The molecule has 0 saturated heterocycles. The van der Waals surface area contributed by atoms with Gasteiger partial charge in [0, 0.05) is 10.0 Å². The summed E-state index contributed by atoms with van der Waals surface area (Å²) in [5.74, 6) is 1.96. The average Bonchev–Trinajstić information content (AvgIpc) is 3.14. The molecule has 0 aliphatic rings. The van der Waals surface area contributed by atoms with Gasteiger partial charge in [-0.15, -0.1) is 5.10 Å². The van der Waals surface area contributed by atoms with Crippen molar-refractivity contribution in [3.63, 3.8) is 0 Å². The van der Waals surface area contributed by atoms with Gasteiger partial charge in [-0.25, -0.2) is 0 Å². The summed E-state index contributed by atoms with van der Waals surface area (Å²) in [6.07, 6.45) is 0. The standard InChI is InChI=1S/C14H13BrClN5O/c1-2-21-19-14(18-20-21)17-8-10-4-6-13(22-10)11-5-3-9(15)7-12(11)16/h3-7H,2,8H2,1H3,(H,17,19). The number of hydrogen-bond donors (Lipinski definition) is 1. The van der Waals surface area contributed by atoms with Crippen LogP contribution in [0.15, 0.2) is 39.2 Å². The second kappa shape index (κ2) is 6.50. The summed E-state index contributed by atoms with van der Waals surface area (Å²) < 4.78 is 6.73. The number of rotatable bonds is 5. The molecule has 6 nitrogen and oxygen atoms in total. The van der Waals surface area contributed by atoms with Gasteiger partial charge in [0.1, 0.15) is 11.5 Å². The van der Waals surface area contributed by atoms with Crippen molar-refractivity contribution in [3.8, 4) is 11.3 Å². The molecule has 0 spiro atoms. The molecule has 114 valence electrons. The van der Waals surface area contributed by atoms with Crippen LogP contribution in [0.1, 0.15) is 12.7 Å². The lowest BCUT2D eigenvalue weighted by Gasteiger charge is -2.02. The third-order valence-electron chi connectivity index (χ3n) is 3.01. The van der Waals surface area contributed by atoms with Gasteiger partial charge in [0.25, 0.3) is 5.95 Å². The summed E-state index contributed by atoms with van der Waals surface area (Å²) in [5.41, 5.74) is 0.853. The van der Waals surface area contributed by atoms with Crippen LogP contribution < -0.4 is 5.32 Å². The van der Waals surface area contributed by atoms with E-state index in [9.17, 15) is 0 Å². The fourth-order valence-electron chi connectivity index (χ4n) is 1.92. The molecular formula is C14H13BrClN5O. The zero-order valence-corrected chi connectivity index (χ0v) is 14.1. The average molecular weight is 383 g/mol. The quantitative estimate of drug-likeness (QED) is 0.723. The van der Waals surface area contributed by atoms with Gasteiger partial charge in [0.2, 0.25) is 0 Å². The Hall–Kier alpha value is -1.86. The minimum atomic E-state index is 0.474. The lowest BCUT2D eigenvalue weighted by Crippen LogP contribution is -2.02. The van der Waals surface area contributed by atoms with E-state index < -0.39 is 0 Å². The predicted octanol–water partition coefficient (Wildman–Crippen LogP) is 3.98. The van der Waals surface area contributed by atoms with E-state index in [0.717, 1.165) is 21.6 Å². The molecule has 8 heteroatoms. The van der Waals surface area contributed by atoms with Crippen LogP contribution >= 0.6 is 27.5 Å². The van der Waals surface area contributed by atoms with Gasteiger partial charge in [-0.3, -0.25) is 0 Å². The predicted molar refractivity (Wildman–Crippen MR) is 87.7 cm³/mol. The number of aryl methyl sites for hydroxylation is 1. The molecule has 0 unspecified atom stereocenters. The Kier molecular flexibility index (Phi) is 4.44. The Morgan fingerprint density at radius 3 is 2.91 bits per heavy atom. The van der Waals surface area contributed by atoms with Crippen LogP contribution in [0.4, 0.5) is 5.95 Å². The first-order chi connectivity index (χ1) is 10.7. The SMILES string of the molecule is CCn1nnc(NCc2ccc(-c3ccc(Br)cc3Cl)o2)n1. The number of benzene rings is 1. The highest BCUT2D eigenvalue weighted by Crippen LogP contribution is 2.31. The summed E-state index contributed by atoms with van der Waals surface area (Å²) in [6, 6.07) is 9.46. The maximum absolute atomic E-state index is 6.23. The van der Waals surface area contributed by atoms with Crippen LogP contribution in [-0.2, 0) is 13.1 Å². The second-order valence-corrected chi connectivity index (χ2v) is 5.87. The number of nitrogens with zero attached hydrogens (tertiary/aromatic N) is 4. The summed E-state index contributed by atoms with van der Waals surface area (Å²) in [7, 11) is 0. The van der Waals surface area contributed by atoms with Crippen molar-refractivity contribution in [1.82, 2.24) is 20.2 Å². The fraction of sp³-hybridized carbons (Fsp3) is 0.214. The summed E-state index contributed by atoms with van der Waals surface area (Å²) in [4.78, 5) is 1.51. The molecule has 3 rings (SSSR count). The Balaban J connectivity index is 1.70. The molecule has 0 aliphatic carbocycles. The van der Waals surface area contributed by atoms with Crippen LogP contribution in [0.5, 0.6) is 0 Å². The van der Waals surface area contributed by atoms with Gasteiger partial charge in [-0.05, 0) is 42.5 Å². The first-order valence-corrected chi connectivity index (χ1v) is 7.88. The van der Waals surface area contributed by atoms with E-state index in [2.05, 4.69) is 36.7 Å². The van der Waals surface area contributed by atoms with Gasteiger partial charge in [-0.2, -0.15) is 4.80 Å². The van der Waals surface area contributed by atoms with Crippen LogP contribution in [0.25, 0.3) is 11.3 Å². The van der Waals surface area contributed by atoms with Crippen molar-refractivity contribution in [1.29, 1.82) is 0 Å². The molecule has 3 aromatic rings. The summed E-state index contributed by atoms with van der Waals surface area (Å²) >= 11 is 9.61. The number of furan rings is 1. The normalized spacial score (nSPS) is 10.9. The van der Waals surface area contributed by atoms with Crippen molar-refractivity contribution < 1.29 is 4.42 Å². The molecule has 1 N–H and O–H groups in total. The van der Waals surface area contributed by atoms with E-state index >= 15 is 0 Å². The lowest BCUT2D eigenvalue weighted by molar-refractivity contribution is 0.530. The van der Waals surface area contributed by atoms with Crippen molar-refractivity contribution in [2.24, 2.45) is 0 Å². The third-order valence-corrected chi connectivity index (χ3v) is 3.82. The number of tetrazole rings is 1. The molecule has 2 heterocycles. The van der Waals surface area contributed by atoms with Gasteiger partial charge < -0.3 is 9.73 Å². The zero-order valence-electron chi connectivity index (χ0n) is 11.8. The highest BCUT2D eigenvalue weighted by molar-refractivity contribution is 9.10. The second-order valence-electron chi connectivity index (χ2n) is 4.55. The molecule has 0 bridgehead atoms. The van der Waals surface area contributed by atoms with Crippen LogP contribution in [0.2, 0.25) is 5.02 Å². The van der Waals surface area contributed by atoms with E-state index in [0.29, 0.717) is 24.1 Å². The largest absolute Gasteiger partial charge is 0.459 e. The molecular weight excluding hydrogens is 370 g/mol. The molecule has 22 heavy (non-hydrogen) atoms. The molecule has 0 radical (unpaired) electrons. The topological polar surface area (TPSA) is 68.8 Å². The van der Waals surface area contributed by atoms with Gasteiger partial charge in [-0.1, -0.05) is 32.6 Å². The molecule has 0 saturated carbocycles. The number of anilines is 1. The van der Waals surface area contributed by atoms with E-state index in [1.165, 1.54) is 4.80 Å². The minimum Gasteiger partial charge on any atom is -0.459 e. The molecule has 1 aromatic carbocycles. The number of halogens is 2. The van der Waals surface area contributed by atoms with Gasteiger partial charge in [0.15, 0.2) is 0 Å². The van der Waals surface area contributed by atoms with Crippen LogP contribution in [0.3, 0.4) is 0 Å². The van der Waals surface area contributed by atoms with Crippen molar-refractivity contribution >= 4 is 33.5 Å². The molecule has 2 aromatic heterocycles. The van der Waals surface area contributed by atoms with Crippen molar-refractivity contribution in [3.05, 3.63) is 45.6 Å². The maximum Gasteiger partial charge on any atom is 0.263 e. The van der Waals surface area contributed by atoms with Crippen LogP contribution in [0, 0.1) is 0 Å². The molecule has 0 amide bonds. The summed E-state index contributed by atoms with van der Waals surface area (Å²) in [6.45, 7) is 3.11. The number of nitrogens with one attached hydrogen (secondary N) is 1. The van der Waals surface area contributed by atoms with E-state index in [1.54, 1.807) is 0 Å². The Morgan fingerprint density at radius 2 is 2.18 bits per heavy atom. The van der Waals surface area contributed by atoms with E-state index in [1.807, 2.05) is 37.3 Å². The Bertz CT molecular complexity index is 785. The Morgan fingerprint density at radius 1 is 1.32 bits per heavy atom. The monoisotopic (exact) mass is 381 g/mol. The smallest absolute Gasteiger partial charge is 0.263 e. The summed E-state index contributed by atoms with van der Waals surface area (Å²) in [5, 5.41) is 15.6. The zero-order chi connectivity index (χ0) is 15.5. The minimum absolute atomic E-state index is 0.474. The molecule has 0 fully saturated rings. The number of hydrogen-bond acceptors (Lipinski definition) is 5. The van der Waals surface area contributed by atoms with Crippen molar-refractivity contribution in [2.75, 3.05) is 5.32 Å². The van der Waals surface area contributed by atoms with Crippen LogP contribution in [-0.4, -0.2) is 20.2 Å². The number of aromatic nitrogens is 4. The first kappa shape index (κ1) is 15.1. The molecule has 0 atom stereocenters. The highest BCUT2D eigenvalue weighted by Gasteiger charge is 2.10. The Labute approximate surface area is 140 Å². The van der Waals surface area contributed by atoms with Gasteiger partial charge in [0.05, 0.1) is 18.1 Å². The van der Waals surface area contributed by atoms with Gasteiger partial charge >= 0.3 is 0 Å².